The number of unbranched alkanes of at least 4 members (excludes halogenated alkanes) is 7. The van der Waals surface area contributed by atoms with Crippen molar-refractivity contribution in [2.45, 2.75) is 243 Å². The molecule has 0 saturated carbocycles. The van der Waals surface area contributed by atoms with E-state index in [9.17, 15) is 24.0 Å². The van der Waals surface area contributed by atoms with E-state index >= 15 is 0 Å². The number of rotatable bonds is 45. The van der Waals surface area contributed by atoms with E-state index in [0.717, 1.165) is 180 Å². The number of carbonyl (C=O) groups is 5. The van der Waals surface area contributed by atoms with Gasteiger partial charge in [0.1, 0.15) is 54.3 Å². The number of ketones is 2. The van der Waals surface area contributed by atoms with Crippen LogP contribution in [0.3, 0.4) is 0 Å². The highest BCUT2D eigenvalue weighted by Crippen LogP contribution is 2.40. The van der Waals surface area contributed by atoms with Crippen molar-refractivity contribution in [3.05, 3.63) is 288 Å². The maximum Gasteiger partial charge on any atom is 0.309 e. The van der Waals surface area contributed by atoms with E-state index in [2.05, 4.69) is 117 Å². The quantitative estimate of drug-likeness (QED) is 0.0211. The number of Topliss-reactive ketones (excluding diaryl/α,β-unsaturated/α-hetero) is 2. The van der Waals surface area contributed by atoms with E-state index < -0.39 is 0 Å². The number of fused-ring (bicyclic) bond motifs is 4. The third-order valence-corrected chi connectivity index (χ3v) is 28.8. The molecule has 12 aromatic rings. The second-order valence-corrected chi connectivity index (χ2v) is 41.8. The number of amides is 2. The van der Waals surface area contributed by atoms with Crippen molar-refractivity contribution >= 4 is 97.9 Å². The monoisotopic (exact) mass is 2070 g/mol. The number of carbonyl (C=O) groups excluding carboxylic acids is 5. The molecule has 1 fully saturated rings. The summed E-state index contributed by atoms with van der Waals surface area (Å²) in [6, 6.07) is 54.7. The van der Waals surface area contributed by atoms with Gasteiger partial charge in [-0.1, -0.05) is 196 Å². The summed E-state index contributed by atoms with van der Waals surface area (Å²) < 4.78 is 60.2. The molecule has 144 heavy (non-hydrogen) atoms. The van der Waals surface area contributed by atoms with Gasteiger partial charge in [0.05, 0.1) is 52.9 Å². The van der Waals surface area contributed by atoms with Crippen molar-refractivity contribution in [2.24, 2.45) is 5.92 Å². The fourth-order valence-corrected chi connectivity index (χ4v) is 20.5. The molecule has 766 valence electrons. The summed E-state index contributed by atoms with van der Waals surface area (Å²) in [6.07, 6.45) is 13.4. The van der Waals surface area contributed by atoms with Crippen molar-refractivity contribution < 1.29 is 76.1 Å². The Morgan fingerprint density at radius 2 is 0.778 bits per heavy atom. The van der Waals surface area contributed by atoms with Crippen molar-refractivity contribution in [3.63, 3.8) is 0 Å². The number of benzene rings is 8. The first-order chi connectivity index (χ1) is 69.4. The number of nitrogens with one attached hydrogen (secondary N) is 1. The third-order valence-electron chi connectivity index (χ3n) is 24.9. The topological polar surface area (TPSA) is 267 Å². The summed E-state index contributed by atoms with van der Waals surface area (Å²) in [5.41, 5.74) is 12.6. The van der Waals surface area contributed by atoms with Gasteiger partial charge in [-0.3, -0.25) is 43.6 Å². The van der Waals surface area contributed by atoms with Crippen LogP contribution in [0, 0.1) is 5.92 Å². The molecule has 1 saturated heterocycles. The number of esters is 1. The van der Waals surface area contributed by atoms with Crippen molar-refractivity contribution in [1.82, 2.24) is 49.8 Å². The average Bonchev–Trinajstić information content (AvgIpc) is 1.75. The Morgan fingerprint density at radius 1 is 0.424 bits per heavy atom. The number of methoxy groups -OCH3 is 2. The average molecular weight is 2080 g/mol. The molecule has 1 atom stereocenters. The Morgan fingerprint density at radius 3 is 1.17 bits per heavy atom. The zero-order valence-corrected chi connectivity index (χ0v) is 88.1. The molecule has 1 N–H and O–H groups in total. The second-order valence-electron chi connectivity index (χ2n) is 37.1. The Hall–Kier alpha value is -11.6. The van der Waals surface area contributed by atoms with Gasteiger partial charge in [0.25, 0.3) is 11.8 Å². The van der Waals surface area contributed by atoms with E-state index in [1.54, 1.807) is 41.8 Å². The lowest BCUT2D eigenvalue weighted by molar-refractivity contribution is -0.149. The van der Waals surface area contributed by atoms with Crippen LogP contribution >= 0.6 is 68.5 Å². The lowest BCUT2D eigenvalue weighted by Gasteiger charge is -2.30. The molecule has 1 unspecified atom stereocenters. The summed E-state index contributed by atoms with van der Waals surface area (Å²) in [7, 11) is 3.29. The van der Waals surface area contributed by atoms with Crippen LogP contribution in [0.5, 0.6) is 57.5 Å². The van der Waals surface area contributed by atoms with Crippen molar-refractivity contribution in [1.29, 1.82) is 0 Å². The molecule has 0 spiro atoms. The Bertz CT molecular complexity index is 6140. The number of aromatic nitrogens is 4. The fourth-order valence-electron chi connectivity index (χ4n) is 16.9. The highest BCUT2D eigenvalue weighted by atomic mass is 35.5. The Balaban J connectivity index is 0.000000161. The van der Waals surface area contributed by atoms with E-state index in [4.69, 9.17) is 80.3 Å². The lowest BCUT2D eigenvalue weighted by Crippen LogP contribution is -2.40. The van der Waals surface area contributed by atoms with Crippen LogP contribution in [0.15, 0.2) is 185 Å². The number of hydrogen-bond acceptors (Lipinski definition) is 28. The number of thiazole rings is 4. The first-order valence-electron chi connectivity index (χ1n) is 49.2. The molecule has 5 aliphatic rings. The van der Waals surface area contributed by atoms with Gasteiger partial charge < -0.3 is 62.3 Å². The third kappa shape index (κ3) is 33.0. The smallest absolute Gasteiger partial charge is 0.309 e. The second kappa shape index (κ2) is 55.1. The zero-order chi connectivity index (χ0) is 101. The number of hydrogen-bond donors (Lipinski definition) is 1. The Kier molecular flexibility index (Phi) is 42.0. The van der Waals surface area contributed by atoms with Gasteiger partial charge >= 0.3 is 5.97 Å². The highest BCUT2D eigenvalue weighted by molar-refractivity contribution is 7.10. The largest absolute Gasteiger partial charge is 0.497 e. The standard InChI is InChI=1S/C32H39N3O5S.C27H31ClN2O3S.C26H29ClN2O3S.C26H31N3O5S.CH4/c1-5-38-31(37)24-12-14-35(15-13-24)30(36)26-20-41-29(33-26)19-34(17-22-6-9-25(10-7-22)32(2,3)4)18-23-8-11-27-28(16-23)40-21-39-27;1-2-3-4-5-6-7-24(31)23-18-34-27(29-23)17-30(15-20-8-11-22(28)12-9-20)16-21-10-13-25-26(14-21)33-19-32-25;1-2-3-4-5-6-23(30)22-17-33-26(28-22)16-29(14-19-7-10-21(27)11-8-19)15-20-9-12-24-25(13-20)32-18-31-24;1-5-17(2)27-26(30)21-15-35-25(28-21)14-29(12-18-6-9-22-24(10-18)34-16-33-22)13-19-7-8-20(31-3)11-23(19)32-4;/h6-11,16,20,24H,5,12-15,17-19,21H2,1-4H3;8-14,18H,2-7,15-17,19H2,1H3;7-13,17H,2-6,14-16,18H2,1H3;6-11,15,17H,5,12-14,16H2,1-4H3,(H,27,30);1H4. The molecular formula is C112H134Cl2N10O16S4. The molecule has 0 aliphatic carbocycles. The molecule has 26 nitrogen and oxygen atoms in total. The molecule has 4 aromatic heterocycles. The summed E-state index contributed by atoms with van der Waals surface area (Å²) in [5.74, 6) is 7.47. The fraction of sp³-hybridized carbons (Fsp3) is 0.420. The highest BCUT2D eigenvalue weighted by Gasteiger charge is 2.32. The number of ether oxygens (including phenoxy) is 11. The van der Waals surface area contributed by atoms with Gasteiger partial charge in [0.2, 0.25) is 27.2 Å². The molecule has 0 bridgehead atoms. The predicted octanol–water partition coefficient (Wildman–Crippen LogP) is 25.2. The van der Waals surface area contributed by atoms with Gasteiger partial charge in [-0.05, 0) is 175 Å². The number of likely N-dealkylation sites (tertiary alicyclic amines) is 1. The number of halogens is 2. The van der Waals surface area contributed by atoms with Gasteiger partial charge in [-0.2, -0.15) is 0 Å². The van der Waals surface area contributed by atoms with Crippen LogP contribution in [0.1, 0.15) is 265 Å². The molecule has 9 heterocycles. The summed E-state index contributed by atoms with van der Waals surface area (Å²) >= 11 is 18.3. The molecule has 0 radical (unpaired) electrons. The van der Waals surface area contributed by atoms with Crippen LogP contribution in [0.4, 0.5) is 0 Å². The molecular weight excluding hydrogens is 1940 g/mol. The Labute approximate surface area is 872 Å². The molecule has 2 amide bonds. The van der Waals surface area contributed by atoms with E-state index in [1.165, 1.54) is 77.0 Å². The van der Waals surface area contributed by atoms with Gasteiger partial charge in [-0.25, -0.2) is 19.9 Å². The lowest BCUT2D eigenvalue weighted by atomic mass is 9.87. The molecule has 5 aliphatic heterocycles. The van der Waals surface area contributed by atoms with Crippen LogP contribution in [-0.2, 0) is 93.5 Å². The van der Waals surface area contributed by atoms with Gasteiger partial charge in [0.15, 0.2) is 57.6 Å². The van der Waals surface area contributed by atoms with E-state index in [0.29, 0.717) is 114 Å². The van der Waals surface area contributed by atoms with Crippen molar-refractivity contribution in [2.75, 3.05) is 61.1 Å². The van der Waals surface area contributed by atoms with Crippen LogP contribution in [0.25, 0.3) is 0 Å². The summed E-state index contributed by atoms with van der Waals surface area (Å²) in [4.78, 5) is 92.7. The van der Waals surface area contributed by atoms with Crippen LogP contribution in [-0.4, -0.2) is 141 Å². The van der Waals surface area contributed by atoms with E-state index in [1.807, 2.05) is 164 Å². The van der Waals surface area contributed by atoms with Gasteiger partial charge in [-0.15, -0.1) is 45.3 Å². The minimum absolute atomic E-state index is 0. The molecule has 17 rings (SSSR count). The summed E-state index contributed by atoms with van der Waals surface area (Å²) in [6.45, 7) is 27.5. The molecule has 8 aromatic carbocycles. The van der Waals surface area contributed by atoms with Crippen LogP contribution in [0.2, 0.25) is 10.0 Å². The minimum Gasteiger partial charge on any atom is -0.497 e. The number of piperidine rings is 1. The van der Waals surface area contributed by atoms with Crippen LogP contribution < -0.4 is 52.7 Å². The SMILES string of the molecule is C.CCC(C)NC(=O)c1csc(CN(Cc2ccc3c(c2)OCO3)Cc2ccc(OC)cc2OC)n1.CCCCCCC(=O)c1csc(CN(Cc2ccc(Cl)cc2)Cc2ccc3c(c2)OCO3)n1.CCCCCCCC(=O)c1csc(CN(Cc2ccc(Cl)cc2)Cc2ccc3c(c2)OCO3)n1.CCOC(=O)C1CCN(C(=O)c2csc(CN(Cc3ccc(C(C)(C)C)cc3)Cc3ccc4c(c3)OCO4)n2)CC1. The first kappa shape index (κ1) is 110. The maximum absolute atomic E-state index is 13.2. The van der Waals surface area contributed by atoms with Gasteiger partial charge in [0, 0.05) is 128 Å². The first-order valence-corrected chi connectivity index (χ1v) is 53.5. The minimum atomic E-state index is -0.161. The molecule has 32 heteroatoms. The van der Waals surface area contributed by atoms with E-state index in [-0.39, 0.29) is 81.3 Å². The van der Waals surface area contributed by atoms with Crippen molar-refractivity contribution in [3.8, 4) is 57.5 Å². The zero-order valence-electron chi connectivity index (χ0n) is 83.3. The number of nitrogens with zero attached hydrogens (tertiary/aromatic N) is 9. The summed E-state index contributed by atoms with van der Waals surface area (Å²) in [5, 5.41) is 15.6. The predicted molar refractivity (Wildman–Crippen MR) is 568 cm³/mol. The maximum atomic E-state index is 13.2. The normalized spacial score (nSPS) is 13.3.